The van der Waals surface area contributed by atoms with E-state index in [4.69, 9.17) is 14.2 Å². The lowest BCUT2D eigenvalue weighted by atomic mass is 9.95. The fraction of sp³-hybridized carbons (Fsp3) is 0.682. The Bertz CT molecular complexity index is 594. The number of benzene rings is 1. The predicted octanol–water partition coefficient (Wildman–Crippen LogP) is 4.83. The summed E-state index contributed by atoms with van der Waals surface area (Å²) in [5.74, 6) is -0.676. The molecule has 1 saturated heterocycles. The van der Waals surface area contributed by atoms with Crippen LogP contribution in [0.25, 0.3) is 0 Å². The fourth-order valence-corrected chi connectivity index (χ4v) is 3.41. The molecule has 0 unspecified atom stereocenters. The zero-order valence-electron chi connectivity index (χ0n) is 17.6. The number of unbranched alkanes of at least 4 members (excludes halogenated alkanes) is 1. The lowest BCUT2D eigenvalue weighted by Gasteiger charge is -2.29. The van der Waals surface area contributed by atoms with Gasteiger partial charge in [-0.1, -0.05) is 50.1 Å². The minimum atomic E-state index is -0.676. The maximum Gasteiger partial charge on any atom is 0.407 e. The minimum Gasteiger partial charge on any atom is -0.444 e. The Labute approximate surface area is 163 Å². The first-order valence-electron chi connectivity index (χ1n) is 9.99. The quantitative estimate of drug-likeness (QED) is 0.739. The van der Waals surface area contributed by atoms with Gasteiger partial charge in [0.15, 0.2) is 5.79 Å². The van der Waals surface area contributed by atoms with Crippen molar-refractivity contribution in [3.8, 4) is 0 Å². The molecule has 0 radical (unpaired) electrons. The standard InChI is InChI=1S/C22H35NO4/c1-7-8-14-17(23-20(24)27-21(2,3)4)19-18(25-22(5,6)26-19)15-16-12-10-9-11-13-16/h9-13,17-19H,7-8,14-15H2,1-6H3,(H,23,24)/t17-,18+,19+/m1/s1. The molecule has 1 amide bonds. The van der Waals surface area contributed by atoms with Crippen LogP contribution >= 0.6 is 0 Å². The molecule has 5 heteroatoms. The van der Waals surface area contributed by atoms with Gasteiger partial charge < -0.3 is 19.5 Å². The first kappa shape index (κ1) is 21.7. The van der Waals surface area contributed by atoms with Crippen molar-refractivity contribution in [2.45, 2.75) is 96.9 Å². The number of alkyl carbamates (subject to hydrolysis) is 1. The topological polar surface area (TPSA) is 56.8 Å². The smallest absolute Gasteiger partial charge is 0.407 e. The lowest BCUT2D eigenvalue weighted by molar-refractivity contribution is -0.148. The second-order valence-electron chi connectivity index (χ2n) is 8.72. The van der Waals surface area contributed by atoms with Crippen molar-refractivity contribution in [2.24, 2.45) is 0 Å². The highest BCUT2D eigenvalue weighted by atomic mass is 16.8. The summed E-state index contributed by atoms with van der Waals surface area (Å²) in [6.07, 6.45) is 2.86. The van der Waals surface area contributed by atoms with Crippen molar-refractivity contribution in [1.82, 2.24) is 5.32 Å². The van der Waals surface area contributed by atoms with E-state index >= 15 is 0 Å². The van der Waals surface area contributed by atoms with Gasteiger partial charge in [-0.15, -0.1) is 0 Å². The highest BCUT2D eigenvalue weighted by Gasteiger charge is 2.45. The van der Waals surface area contributed by atoms with E-state index in [1.165, 1.54) is 5.56 Å². The third-order valence-corrected chi connectivity index (χ3v) is 4.47. The molecule has 1 aliphatic rings. The highest BCUT2D eigenvalue weighted by molar-refractivity contribution is 5.68. The van der Waals surface area contributed by atoms with E-state index < -0.39 is 17.5 Å². The van der Waals surface area contributed by atoms with Crippen LogP contribution in [-0.2, 0) is 20.6 Å². The molecule has 27 heavy (non-hydrogen) atoms. The summed E-state index contributed by atoms with van der Waals surface area (Å²) >= 11 is 0. The van der Waals surface area contributed by atoms with E-state index in [-0.39, 0.29) is 18.2 Å². The summed E-state index contributed by atoms with van der Waals surface area (Å²) < 4.78 is 17.9. The molecule has 1 heterocycles. The molecule has 2 rings (SSSR count). The average Bonchev–Trinajstić information content (AvgIpc) is 2.85. The Balaban J connectivity index is 2.15. The summed E-state index contributed by atoms with van der Waals surface area (Å²) in [5, 5.41) is 3.04. The summed E-state index contributed by atoms with van der Waals surface area (Å²) in [6, 6.07) is 10.1. The van der Waals surface area contributed by atoms with Gasteiger partial charge >= 0.3 is 6.09 Å². The Morgan fingerprint density at radius 2 is 1.89 bits per heavy atom. The fourth-order valence-electron chi connectivity index (χ4n) is 3.41. The van der Waals surface area contributed by atoms with Gasteiger partial charge in [0.1, 0.15) is 11.7 Å². The largest absolute Gasteiger partial charge is 0.444 e. The third kappa shape index (κ3) is 7.15. The molecule has 152 valence electrons. The third-order valence-electron chi connectivity index (χ3n) is 4.47. The van der Waals surface area contributed by atoms with Gasteiger partial charge in [0.05, 0.1) is 12.1 Å². The van der Waals surface area contributed by atoms with Crippen molar-refractivity contribution < 1.29 is 19.0 Å². The van der Waals surface area contributed by atoms with E-state index in [9.17, 15) is 4.79 Å². The van der Waals surface area contributed by atoms with Crippen LogP contribution in [0.4, 0.5) is 4.79 Å². The van der Waals surface area contributed by atoms with Crippen LogP contribution < -0.4 is 5.32 Å². The van der Waals surface area contributed by atoms with Crippen LogP contribution in [0.5, 0.6) is 0 Å². The molecule has 1 aliphatic heterocycles. The number of carbonyl (C=O) groups excluding carboxylic acids is 1. The molecule has 1 aromatic carbocycles. The lowest BCUT2D eigenvalue weighted by Crippen LogP contribution is -2.49. The normalized spacial score (nSPS) is 23.0. The number of amides is 1. The predicted molar refractivity (Wildman–Crippen MR) is 107 cm³/mol. The summed E-state index contributed by atoms with van der Waals surface area (Å²) in [4.78, 5) is 12.4. The average molecular weight is 378 g/mol. The molecule has 1 fully saturated rings. The number of rotatable bonds is 7. The monoisotopic (exact) mass is 377 g/mol. The Kier molecular flexibility index (Phi) is 7.29. The summed E-state index contributed by atoms with van der Waals surface area (Å²) in [5.41, 5.74) is 0.662. The van der Waals surface area contributed by atoms with Gasteiger partial charge in [0.2, 0.25) is 0 Å². The van der Waals surface area contributed by atoms with Gasteiger partial charge in [-0.25, -0.2) is 4.79 Å². The number of hydrogen-bond donors (Lipinski definition) is 1. The Morgan fingerprint density at radius 1 is 1.22 bits per heavy atom. The molecule has 0 bridgehead atoms. The molecular formula is C22H35NO4. The van der Waals surface area contributed by atoms with Crippen molar-refractivity contribution in [2.75, 3.05) is 0 Å². The molecule has 5 nitrogen and oxygen atoms in total. The van der Waals surface area contributed by atoms with Crippen molar-refractivity contribution in [1.29, 1.82) is 0 Å². The first-order chi connectivity index (χ1) is 12.6. The van der Waals surface area contributed by atoms with Crippen LogP contribution in [-0.4, -0.2) is 35.7 Å². The second-order valence-corrected chi connectivity index (χ2v) is 8.72. The SMILES string of the molecule is CCCC[C@@H](NC(=O)OC(C)(C)C)[C@@H]1OC(C)(C)O[C@H]1Cc1ccccc1. The summed E-state index contributed by atoms with van der Waals surface area (Å²) in [6.45, 7) is 11.6. The van der Waals surface area contributed by atoms with Crippen LogP contribution in [0, 0.1) is 0 Å². The molecule has 3 atom stereocenters. The Hall–Kier alpha value is -1.59. The molecule has 1 aromatic rings. The highest BCUT2D eigenvalue weighted by Crippen LogP contribution is 2.33. The van der Waals surface area contributed by atoms with Gasteiger partial charge in [0, 0.05) is 6.42 Å². The maximum atomic E-state index is 12.4. The van der Waals surface area contributed by atoms with Crippen LogP contribution in [0.3, 0.4) is 0 Å². The van der Waals surface area contributed by atoms with Gasteiger partial charge in [-0.2, -0.15) is 0 Å². The molecule has 0 spiro atoms. The number of hydrogen-bond acceptors (Lipinski definition) is 4. The molecule has 0 saturated carbocycles. The van der Waals surface area contributed by atoms with Crippen molar-refractivity contribution >= 4 is 6.09 Å². The van der Waals surface area contributed by atoms with Crippen LogP contribution in [0.1, 0.15) is 66.4 Å². The molecule has 0 aliphatic carbocycles. The van der Waals surface area contributed by atoms with E-state index in [0.717, 1.165) is 25.7 Å². The van der Waals surface area contributed by atoms with Crippen LogP contribution in [0.15, 0.2) is 30.3 Å². The summed E-state index contributed by atoms with van der Waals surface area (Å²) in [7, 11) is 0. The minimum absolute atomic E-state index is 0.126. The first-order valence-corrected chi connectivity index (χ1v) is 9.99. The van der Waals surface area contributed by atoms with Crippen LogP contribution in [0.2, 0.25) is 0 Å². The molecule has 0 aromatic heterocycles. The van der Waals surface area contributed by atoms with Gasteiger partial charge in [0.25, 0.3) is 0 Å². The number of ether oxygens (including phenoxy) is 3. The van der Waals surface area contributed by atoms with Gasteiger partial charge in [-0.05, 0) is 46.6 Å². The molecule has 1 N–H and O–H groups in total. The van der Waals surface area contributed by atoms with Gasteiger partial charge in [-0.3, -0.25) is 0 Å². The number of nitrogens with one attached hydrogen (secondary N) is 1. The van der Waals surface area contributed by atoms with E-state index in [2.05, 4.69) is 24.4 Å². The van der Waals surface area contributed by atoms with E-state index in [1.54, 1.807) is 0 Å². The van der Waals surface area contributed by atoms with Crippen molar-refractivity contribution in [3.05, 3.63) is 35.9 Å². The maximum absolute atomic E-state index is 12.4. The Morgan fingerprint density at radius 3 is 2.48 bits per heavy atom. The zero-order valence-corrected chi connectivity index (χ0v) is 17.6. The number of carbonyl (C=O) groups is 1. The van der Waals surface area contributed by atoms with E-state index in [1.807, 2.05) is 52.8 Å². The van der Waals surface area contributed by atoms with E-state index in [0.29, 0.717) is 0 Å². The zero-order chi connectivity index (χ0) is 20.1. The second kappa shape index (κ2) is 9.07. The van der Waals surface area contributed by atoms with Crippen molar-refractivity contribution in [3.63, 3.8) is 0 Å². The molecular weight excluding hydrogens is 342 g/mol.